The predicted molar refractivity (Wildman–Crippen MR) is 87.1 cm³/mol. The maximum atomic E-state index is 11.3. The quantitative estimate of drug-likeness (QED) is 0.694. The van der Waals surface area contributed by atoms with Crippen molar-refractivity contribution in [2.75, 3.05) is 5.32 Å². The Morgan fingerprint density at radius 1 is 1.24 bits per heavy atom. The summed E-state index contributed by atoms with van der Waals surface area (Å²) in [6.07, 6.45) is 5.63. The number of aromatic carboxylic acids is 1. The molecule has 1 unspecified atom stereocenters. The van der Waals surface area contributed by atoms with Gasteiger partial charge in [-0.1, -0.05) is 47.0 Å². The smallest absolute Gasteiger partial charge is 0.335 e. The van der Waals surface area contributed by atoms with Crippen molar-refractivity contribution in [1.29, 1.82) is 0 Å². The van der Waals surface area contributed by atoms with E-state index in [9.17, 15) is 9.90 Å². The highest BCUT2D eigenvalue weighted by atomic mass is 16.4. The van der Waals surface area contributed by atoms with Crippen LogP contribution < -0.4 is 5.32 Å². The van der Waals surface area contributed by atoms with Gasteiger partial charge in [0.15, 0.2) is 0 Å². The van der Waals surface area contributed by atoms with Crippen molar-refractivity contribution in [2.45, 2.75) is 71.8 Å². The van der Waals surface area contributed by atoms with Crippen molar-refractivity contribution < 1.29 is 9.90 Å². The molecule has 0 aromatic carbocycles. The van der Waals surface area contributed by atoms with E-state index in [1.807, 2.05) is 13.8 Å². The maximum absolute atomic E-state index is 11.3. The van der Waals surface area contributed by atoms with Gasteiger partial charge in [0.2, 0.25) is 0 Å². The highest BCUT2D eigenvalue weighted by Gasteiger charge is 2.13. The Morgan fingerprint density at radius 3 is 2.48 bits per heavy atom. The van der Waals surface area contributed by atoms with Gasteiger partial charge in [0, 0.05) is 11.7 Å². The molecule has 0 amide bonds. The van der Waals surface area contributed by atoms with E-state index in [0.717, 1.165) is 25.0 Å². The van der Waals surface area contributed by atoms with Crippen molar-refractivity contribution in [3.63, 3.8) is 0 Å². The summed E-state index contributed by atoms with van der Waals surface area (Å²) < 4.78 is 0. The van der Waals surface area contributed by atoms with Crippen LogP contribution in [-0.4, -0.2) is 22.1 Å². The fourth-order valence-corrected chi connectivity index (χ4v) is 2.34. The summed E-state index contributed by atoms with van der Waals surface area (Å²) in [5.41, 5.74) is 1.13. The molecule has 21 heavy (non-hydrogen) atoms. The van der Waals surface area contributed by atoms with Crippen LogP contribution in [0.1, 0.15) is 81.8 Å². The fraction of sp³-hybridized carbons (Fsp3) is 0.647. The largest absolute Gasteiger partial charge is 0.478 e. The molecule has 4 heteroatoms. The number of carbonyl (C=O) groups is 1. The molecule has 1 aromatic heterocycles. The Morgan fingerprint density at radius 2 is 1.95 bits per heavy atom. The van der Waals surface area contributed by atoms with Crippen LogP contribution in [0.5, 0.6) is 0 Å². The summed E-state index contributed by atoms with van der Waals surface area (Å²) in [4.78, 5) is 15.8. The van der Waals surface area contributed by atoms with Gasteiger partial charge in [-0.25, -0.2) is 9.78 Å². The lowest BCUT2D eigenvalue weighted by Gasteiger charge is -2.20. The van der Waals surface area contributed by atoms with Crippen molar-refractivity contribution in [1.82, 2.24) is 4.98 Å². The molecule has 1 atom stereocenters. The van der Waals surface area contributed by atoms with Gasteiger partial charge in [-0.05, 0) is 30.9 Å². The third-order valence-electron chi connectivity index (χ3n) is 3.58. The van der Waals surface area contributed by atoms with Crippen LogP contribution in [0.2, 0.25) is 0 Å². The van der Waals surface area contributed by atoms with Crippen LogP contribution in [0.3, 0.4) is 0 Å². The number of anilines is 1. The molecule has 0 bridgehead atoms. The molecule has 0 aliphatic heterocycles. The van der Waals surface area contributed by atoms with E-state index < -0.39 is 5.97 Å². The second-order valence-electron chi connectivity index (χ2n) is 5.90. The Labute approximate surface area is 128 Å². The number of nitrogens with zero attached hydrogens (tertiary/aromatic N) is 1. The second kappa shape index (κ2) is 8.65. The number of nitrogens with one attached hydrogen (secondary N) is 1. The molecule has 0 radical (unpaired) electrons. The highest BCUT2D eigenvalue weighted by molar-refractivity contribution is 5.88. The summed E-state index contributed by atoms with van der Waals surface area (Å²) in [5, 5.41) is 12.7. The number of hydrogen-bond acceptors (Lipinski definition) is 3. The molecule has 1 rings (SSSR count). The Balaban J connectivity index is 2.95. The average molecular weight is 292 g/mol. The Kier molecular flexibility index (Phi) is 7.20. The standard InChI is InChI=1S/C17H28N2O2/c1-5-7-9-14(8-6-2)18-16-11-13(17(20)21)10-15(19-16)12(3)4/h10-12,14H,5-9H2,1-4H3,(H,18,19)(H,20,21). The normalized spacial score (nSPS) is 12.4. The van der Waals surface area contributed by atoms with Gasteiger partial charge in [0.05, 0.1) is 5.56 Å². The Hall–Kier alpha value is -1.58. The third-order valence-corrected chi connectivity index (χ3v) is 3.58. The lowest BCUT2D eigenvalue weighted by atomic mass is 10.0. The van der Waals surface area contributed by atoms with E-state index in [0.29, 0.717) is 17.4 Å². The van der Waals surface area contributed by atoms with Crippen molar-refractivity contribution in [2.24, 2.45) is 0 Å². The van der Waals surface area contributed by atoms with Crippen molar-refractivity contribution >= 4 is 11.8 Å². The molecule has 0 aliphatic rings. The van der Waals surface area contributed by atoms with E-state index in [4.69, 9.17) is 0 Å². The minimum atomic E-state index is -0.900. The zero-order valence-corrected chi connectivity index (χ0v) is 13.6. The molecule has 0 saturated carbocycles. The predicted octanol–water partition coefficient (Wildman–Crippen LogP) is 4.67. The number of pyridine rings is 1. The van der Waals surface area contributed by atoms with Crippen molar-refractivity contribution in [3.05, 3.63) is 23.4 Å². The average Bonchev–Trinajstić information content (AvgIpc) is 2.44. The fourth-order valence-electron chi connectivity index (χ4n) is 2.34. The third kappa shape index (κ3) is 5.74. The molecule has 0 saturated heterocycles. The first-order chi connectivity index (χ1) is 9.97. The minimum absolute atomic E-state index is 0.213. The van der Waals surface area contributed by atoms with Gasteiger partial charge in [0.25, 0.3) is 0 Å². The number of hydrogen-bond donors (Lipinski definition) is 2. The van der Waals surface area contributed by atoms with Gasteiger partial charge in [0.1, 0.15) is 5.82 Å². The van der Waals surface area contributed by atoms with Crippen LogP contribution in [0, 0.1) is 0 Å². The first-order valence-electron chi connectivity index (χ1n) is 7.99. The van der Waals surface area contributed by atoms with Crippen LogP contribution in [0.25, 0.3) is 0 Å². The zero-order chi connectivity index (χ0) is 15.8. The summed E-state index contributed by atoms with van der Waals surface area (Å²) in [6.45, 7) is 8.40. The lowest BCUT2D eigenvalue weighted by Crippen LogP contribution is -2.20. The van der Waals surface area contributed by atoms with E-state index in [-0.39, 0.29) is 5.92 Å². The Bertz CT molecular complexity index is 458. The summed E-state index contributed by atoms with van der Waals surface area (Å²) >= 11 is 0. The monoisotopic (exact) mass is 292 g/mol. The number of carboxylic acids is 1. The molecule has 1 heterocycles. The van der Waals surface area contributed by atoms with Crippen LogP contribution in [0.4, 0.5) is 5.82 Å². The van der Waals surface area contributed by atoms with Crippen LogP contribution >= 0.6 is 0 Å². The summed E-state index contributed by atoms with van der Waals surface area (Å²) in [5.74, 6) is 0.00113. The van der Waals surface area contributed by atoms with Gasteiger partial charge in [-0.15, -0.1) is 0 Å². The molecule has 118 valence electrons. The van der Waals surface area contributed by atoms with Crippen LogP contribution in [0.15, 0.2) is 12.1 Å². The molecule has 0 aliphatic carbocycles. The highest BCUT2D eigenvalue weighted by Crippen LogP contribution is 2.20. The lowest BCUT2D eigenvalue weighted by molar-refractivity contribution is 0.0696. The van der Waals surface area contributed by atoms with Crippen molar-refractivity contribution in [3.8, 4) is 0 Å². The molecular formula is C17H28N2O2. The van der Waals surface area contributed by atoms with Gasteiger partial charge < -0.3 is 10.4 Å². The summed E-state index contributed by atoms with van der Waals surface area (Å²) in [7, 11) is 0. The van der Waals surface area contributed by atoms with E-state index in [1.54, 1.807) is 12.1 Å². The molecule has 4 nitrogen and oxygen atoms in total. The molecule has 2 N–H and O–H groups in total. The zero-order valence-electron chi connectivity index (χ0n) is 13.6. The SMILES string of the molecule is CCCCC(CCC)Nc1cc(C(=O)O)cc(C(C)C)n1. The molecule has 0 spiro atoms. The number of unbranched alkanes of at least 4 members (excludes halogenated alkanes) is 1. The van der Waals surface area contributed by atoms with E-state index >= 15 is 0 Å². The van der Waals surface area contributed by atoms with Gasteiger partial charge in [-0.2, -0.15) is 0 Å². The van der Waals surface area contributed by atoms with E-state index in [2.05, 4.69) is 24.1 Å². The van der Waals surface area contributed by atoms with E-state index in [1.165, 1.54) is 12.8 Å². The maximum Gasteiger partial charge on any atom is 0.335 e. The second-order valence-corrected chi connectivity index (χ2v) is 5.90. The minimum Gasteiger partial charge on any atom is -0.478 e. The number of aromatic nitrogens is 1. The first-order valence-corrected chi connectivity index (χ1v) is 7.99. The summed E-state index contributed by atoms with van der Waals surface area (Å²) in [6, 6.07) is 3.67. The molecular weight excluding hydrogens is 264 g/mol. The van der Waals surface area contributed by atoms with Crippen LogP contribution in [-0.2, 0) is 0 Å². The molecule has 1 aromatic rings. The first kappa shape index (κ1) is 17.5. The topological polar surface area (TPSA) is 62.2 Å². The van der Waals surface area contributed by atoms with Gasteiger partial charge >= 0.3 is 5.97 Å². The number of rotatable bonds is 9. The van der Waals surface area contributed by atoms with Gasteiger partial charge in [-0.3, -0.25) is 0 Å². The molecule has 0 fully saturated rings. The number of carboxylic acid groups (broad SMARTS) is 1.